The van der Waals surface area contributed by atoms with Crippen LogP contribution in [-0.2, 0) is 25.7 Å². The zero-order chi connectivity index (χ0) is 22.1. The quantitative estimate of drug-likeness (QED) is 0.530. The summed E-state index contributed by atoms with van der Waals surface area (Å²) >= 11 is 0. The third-order valence-electron chi connectivity index (χ3n) is 5.73. The number of hydrogen-bond donors (Lipinski definition) is 0. The monoisotopic (exact) mass is 420 g/mol. The molecule has 31 heavy (non-hydrogen) atoms. The summed E-state index contributed by atoms with van der Waals surface area (Å²) in [6.45, 7) is 2.27. The number of nitrogens with zero attached hydrogens (tertiary/aromatic N) is 2. The zero-order valence-corrected chi connectivity index (χ0v) is 17.5. The molecule has 0 spiro atoms. The van der Waals surface area contributed by atoms with Crippen molar-refractivity contribution in [2.75, 3.05) is 12.0 Å². The van der Waals surface area contributed by atoms with Gasteiger partial charge in [-0.2, -0.15) is 0 Å². The van der Waals surface area contributed by atoms with Gasteiger partial charge in [-0.15, -0.1) is 0 Å². The van der Waals surface area contributed by atoms with Crippen LogP contribution in [0, 0.1) is 12.8 Å². The second kappa shape index (κ2) is 8.34. The average Bonchev–Trinajstić information content (AvgIpc) is 3.58. The summed E-state index contributed by atoms with van der Waals surface area (Å²) in [6.07, 6.45) is 1.58. The number of rotatable bonds is 6. The number of methoxy groups -OCH3 is 1. The Bertz CT molecular complexity index is 1020. The van der Waals surface area contributed by atoms with E-state index in [0.29, 0.717) is 11.3 Å². The van der Waals surface area contributed by atoms with Crippen LogP contribution in [-0.4, -0.2) is 41.7 Å². The highest BCUT2D eigenvalue weighted by Gasteiger charge is 2.46. The summed E-state index contributed by atoms with van der Waals surface area (Å²) in [7, 11) is 1.29. The molecule has 7 heteroatoms. The largest absolute Gasteiger partial charge is 0.465 e. The summed E-state index contributed by atoms with van der Waals surface area (Å²) in [5.41, 5.74) is 2.73. The Kier molecular flexibility index (Phi) is 5.59. The molecule has 1 heterocycles. The number of benzene rings is 2. The van der Waals surface area contributed by atoms with Crippen LogP contribution in [0.5, 0.6) is 0 Å². The maximum Gasteiger partial charge on any atom is 0.337 e. The zero-order valence-electron chi connectivity index (χ0n) is 17.5. The average molecular weight is 420 g/mol. The van der Waals surface area contributed by atoms with Gasteiger partial charge in [0.2, 0.25) is 11.8 Å². The van der Waals surface area contributed by atoms with Crippen LogP contribution in [0.3, 0.4) is 0 Å². The molecule has 2 aliphatic rings. The van der Waals surface area contributed by atoms with Crippen molar-refractivity contribution in [3.05, 3.63) is 65.2 Å². The molecule has 2 aromatic rings. The topological polar surface area (TPSA) is 84.0 Å². The fourth-order valence-corrected chi connectivity index (χ4v) is 3.79. The first-order valence-electron chi connectivity index (χ1n) is 10.3. The fourth-order valence-electron chi connectivity index (χ4n) is 3.79. The van der Waals surface area contributed by atoms with Gasteiger partial charge in [0.05, 0.1) is 24.8 Å². The molecule has 1 saturated carbocycles. The van der Waals surface area contributed by atoms with Crippen LogP contribution in [0.4, 0.5) is 5.69 Å². The van der Waals surface area contributed by atoms with Crippen LogP contribution in [0.25, 0.3) is 0 Å². The lowest BCUT2D eigenvalue weighted by Gasteiger charge is -2.28. The van der Waals surface area contributed by atoms with Crippen molar-refractivity contribution in [2.45, 2.75) is 38.8 Å². The van der Waals surface area contributed by atoms with Crippen LogP contribution >= 0.6 is 0 Å². The molecular weight excluding hydrogens is 396 g/mol. The van der Waals surface area contributed by atoms with Crippen LogP contribution < -0.4 is 4.90 Å². The Morgan fingerprint density at radius 2 is 1.68 bits per heavy atom. The molecule has 1 atom stereocenters. The lowest BCUT2D eigenvalue weighted by molar-refractivity contribution is -0.140. The van der Waals surface area contributed by atoms with Gasteiger partial charge in [0.1, 0.15) is 6.04 Å². The molecule has 2 fully saturated rings. The Balaban J connectivity index is 1.58. The molecule has 0 aromatic heterocycles. The third kappa shape index (κ3) is 4.21. The predicted molar refractivity (Wildman–Crippen MR) is 113 cm³/mol. The minimum atomic E-state index is -0.831. The van der Waals surface area contributed by atoms with E-state index in [1.54, 1.807) is 4.90 Å². The first kappa shape index (κ1) is 20.8. The van der Waals surface area contributed by atoms with Gasteiger partial charge < -0.3 is 9.64 Å². The van der Waals surface area contributed by atoms with E-state index in [2.05, 4.69) is 4.74 Å². The summed E-state index contributed by atoms with van der Waals surface area (Å²) in [6, 6.07) is 13.1. The highest BCUT2D eigenvalue weighted by Crippen LogP contribution is 2.35. The van der Waals surface area contributed by atoms with E-state index in [1.807, 2.05) is 31.2 Å². The first-order valence-corrected chi connectivity index (χ1v) is 10.3. The second-order valence-electron chi connectivity index (χ2n) is 8.05. The van der Waals surface area contributed by atoms with E-state index in [9.17, 15) is 19.2 Å². The highest BCUT2D eigenvalue weighted by molar-refractivity contribution is 6.23. The van der Waals surface area contributed by atoms with Gasteiger partial charge in [-0.25, -0.2) is 9.69 Å². The minimum Gasteiger partial charge on any atom is -0.465 e. The van der Waals surface area contributed by atoms with Crippen molar-refractivity contribution in [3.63, 3.8) is 0 Å². The summed E-state index contributed by atoms with van der Waals surface area (Å²) in [5.74, 6) is -1.42. The summed E-state index contributed by atoms with van der Waals surface area (Å²) in [4.78, 5) is 53.3. The first-order chi connectivity index (χ1) is 14.9. The Labute approximate surface area is 180 Å². The van der Waals surface area contributed by atoms with Crippen molar-refractivity contribution in [3.8, 4) is 0 Å². The van der Waals surface area contributed by atoms with Crippen LogP contribution in [0.15, 0.2) is 48.5 Å². The summed E-state index contributed by atoms with van der Waals surface area (Å²) in [5, 5.41) is 0. The fraction of sp³-hybridized carbons (Fsp3) is 0.333. The molecular formula is C24H24N2O5. The third-order valence-corrected chi connectivity index (χ3v) is 5.73. The number of aryl methyl sites for hydroxylation is 1. The lowest BCUT2D eigenvalue weighted by atomic mass is 10.1. The van der Waals surface area contributed by atoms with Gasteiger partial charge in [-0.1, -0.05) is 29.8 Å². The number of amides is 3. The molecule has 160 valence electrons. The predicted octanol–water partition coefficient (Wildman–Crippen LogP) is 2.85. The van der Waals surface area contributed by atoms with Crippen LogP contribution in [0.2, 0.25) is 0 Å². The van der Waals surface area contributed by atoms with Gasteiger partial charge >= 0.3 is 5.97 Å². The van der Waals surface area contributed by atoms with E-state index in [-0.39, 0.29) is 30.7 Å². The Morgan fingerprint density at radius 1 is 1.03 bits per heavy atom. The molecule has 0 N–H and O–H groups in total. The van der Waals surface area contributed by atoms with Crippen molar-refractivity contribution < 1.29 is 23.9 Å². The van der Waals surface area contributed by atoms with Gasteiger partial charge in [0, 0.05) is 12.5 Å². The molecule has 0 radical (unpaired) electrons. The molecule has 1 unspecified atom stereocenters. The van der Waals surface area contributed by atoms with Gasteiger partial charge in [0.15, 0.2) is 0 Å². The number of hydrogen-bond acceptors (Lipinski definition) is 5. The van der Waals surface area contributed by atoms with Gasteiger partial charge in [-0.3, -0.25) is 14.4 Å². The van der Waals surface area contributed by atoms with E-state index in [4.69, 9.17) is 0 Å². The number of imide groups is 1. The molecule has 2 aromatic carbocycles. The minimum absolute atomic E-state index is 0.0537. The summed E-state index contributed by atoms with van der Waals surface area (Å²) < 4.78 is 4.68. The van der Waals surface area contributed by atoms with E-state index in [1.165, 1.54) is 31.4 Å². The van der Waals surface area contributed by atoms with Crippen molar-refractivity contribution in [1.82, 2.24) is 4.90 Å². The maximum atomic E-state index is 13.2. The number of carbonyl (C=O) groups is 4. The molecule has 1 saturated heterocycles. The Morgan fingerprint density at radius 3 is 2.26 bits per heavy atom. The standard InChI is InChI=1S/C24H24N2O5/c1-15-3-5-16(6-4-15)14-25(22(28)17-7-8-17)20-13-21(27)26(23(20)29)19-11-9-18(10-12-19)24(30)31-2/h3-6,9-12,17,20H,7-8,13-14H2,1-2H3. The molecule has 7 nitrogen and oxygen atoms in total. The molecule has 3 amide bonds. The van der Waals surface area contributed by atoms with Gasteiger partial charge in [0.25, 0.3) is 5.91 Å². The second-order valence-corrected chi connectivity index (χ2v) is 8.05. The van der Waals surface area contributed by atoms with Crippen molar-refractivity contribution in [2.24, 2.45) is 5.92 Å². The SMILES string of the molecule is COC(=O)c1ccc(N2C(=O)CC(N(Cc3ccc(C)cc3)C(=O)C3CC3)C2=O)cc1. The number of ether oxygens (including phenoxy) is 1. The molecule has 1 aliphatic heterocycles. The molecule has 4 rings (SSSR count). The lowest BCUT2D eigenvalue weighted by Crippen LogP contribution is -2.45. The number of anilines is 1. The Hall–Kier alpha value is -3.48. The van der Waals surface area contributed by atoms with Crippen molar-refractivity contribution in [1.29, 1.82) is 0 Å². The maximum absolute atomic E-state index is 13.2. The highest BCUT2D eigenvalue weighted by atomic mass is 16.5. The van der Waals surface area contributed by atoms with Crippen LogP contribution in [0.1, 0.15) is 40.7 Å². The van der Waals surface area contributed by atoms with Gasteiger partial charge in [-0.05, 0) is 49.6 Å². The smallest absolute Gasteiger partial charge is 0.337 e. The number of esters is 1. The van der Waals surface area contributed by atoms with E-state index >= 15 is 0 Å². The molecule has 1 aliphatic carbocycles. The van der Waals surface area contributed by atoms with E-state index < -0.39 is 17.9 Å². The normalized spacial score (nSPS) is 18.3. The van der Waals surface area contributed by atoms with E-state index in [0.717, 1.165) is 28.9 Å². The van der Waals surface area contributed by atoms with Crippen molar-refractivity contribution >= 4 is 29.4 Å². The number of carbonyl (C=O) groups excluding carboxylic acids is 4. The molecule has 0 bridgehead atoms.